The second-order valence-electron chi connectivity index (χ2n) is 8.26. The third kappa shape index (κ3) is 4.51. The highest BCUT2D eigenvalue weighted by atomic mass is 79.9. The van der Waals surface area contributed by atoms with Crippen molar-refractivity contribution in [1.29, 1.82) is 0 Å². The van der Waals surface area contributed by atoms with E-state index in [1.54, 1.807) is 7.11 Å². The Morgan fingerprint density at radius 2 is 2.00 bits per heavy atom. The minimum Gasteiger partial charge on any atom is -0.481 e. The molecule has 2 aromatic carbocycles. The van der Waals surface area contributed by atoms with Crippen molar-refractivity contribution in [3.05, 3.63) is 94.5 Å². The summed E-state index contributed by atoms with van der Waals surface area (Å²) in [5.74, 6) is 0.416. The van der Waals surface area contributed by atoms with Crippen molar-refractivity contribution in [3.8, 4) is 5.88 Å². The average Bonchev–Trinajstić information content (AvgIpc) is 2.83. The van der Waals surface area contributed by atoms with E-state index in [1.165, 1.54) is 0 Å². The summed E-state index contributed by atoms with van der Waals surface area (Å²) in [6.07, 6.45) is 9.90. The molecule has 1 unspecified atom stereocenters. The Hall–Kier alpha value is -2.47. The number of nitrogens with one attached hydrogen (secondary N) is 1. The van der Waals surface area contributed by atoms with Crippen molar-refractivity contribution in [1.82, 2.24) is 10.3 Å². The number of hydrogen-bond donors (Lipinski definition) is 2. The van der Waals surface area contributed by atoms with Crippen LogP contribution in [0.25, 0.3) is 10.9 Å². The van der Waals surface area contributed by atoms with Gasteiger partial charge in [0.25, 0.3) is 0 Å². The van der Waals surface area contributed by atoms with Crippen LogP contribution in [0.1, 0.15) is 29.9 Å². The Kier molecular flexibility index (Phi) is 7.09. The number of ether oxygens (including phenoxy) is 1. The number of halogens is 1. The van der Waals surface area contributed by atoms with Crippen LogP contribution in [-0.2, 0) is 5.60 Å². The van der Waals surface area contributed by atoms with Gasteiger partial charge in [-0.1, -0.05) is 70.6 Å². The molecule has 0 spiro atoms. The first-order chi connectivity index (χ1) is 15.6. The van der Waals surface area contributed by atoms with E-state index >= 15 is 0 Å². The molecular formula is C27H29BrN2O2. The number of methoxy groups -OCH3 is 1. The average molecular weight is 493 g/mol. The van der Waals surface area contributed by atoms with Gasteiger partial charge in [-0.15, -0.1) is 0 Å². The molecule has 32 heavy (non-hydrogen) atoms. The van der Waals surface area contributed by atoms with E-state index in [0.717, 1.165) is 32.9 Å². The maximum absolute atomic E-state index is 12.4. The molecule has 0 aliphatic heterocycles. The summed E-state index contributed by atoms with van der Waals surface area (Å²) < 4.78 is 6.79. The Balaban J connectivity index is 1.96. The van der Waals surface area contributed by atoms with E-state index in [9.17, 15) is 5.11 Å². The molecule has 0 fully saturated rings. The molecule has 1 aliphatic rings. The van der Waals surface area contributed by atoms with E-state index in [2.05, 4.69) is 57.7 Å². The van der Waals surface area contributed by atoms with Gasteiger partial charge >= 0.3 is 0 Å². The molecule has 166 valence electrons. The Bertz CT molecular complexity index is 1130. The smallest absolute Gasteiger partial charge is 0.217 e. The second-order valence-corrected chi connectivity index (χ2v) is 9.17. The third-order valence-electron chi connectivity index (χ3n) is 6.28. The summed E-state index contributed by atoms with van der Waals surface area (Å²) in [5, 5.41) is 16.7. The van der Waals surface area contributed by atoms with Crippen LogP contribution >= 0.6 is 15.9 Å². The minimum atomic E-state index is -1.11. The first kappa shape index (κ1) is 22.7. The molecule has 5 heteroatoms. The first-order valence-corrected chi connectivity index (χ1v) is 11.8. The number of hydrogen-bond acceptors (Lipinski definition) is 4. The lowest BCUT2D eigenvalue weighted by Gasteiger charge is -2.41. The van der Waals surface area contributed by atoms with Crippen molar-refractivity contribution >= 4 is 26.8 Å². The van der Waals surface area contributed by atoms with Gasteiger partial charge in [-0.3, -0.25) is 0 Å². The van der Waals surface area contributed by atoms with Crippen LogP contribution in [0.15, 0.2) is 83.4 Å². The standard InChI is InChI=1S/C27H29BrN2O2/c1-29-16-15-27(31,21-11-7-4-8-12-21)25(19-9-5-3-6-10-19)23-18-20-17-22(28)13-14-24(20)30-26(23)32-2/h3-9,11-14,17-19,25,29,31H,10,15-16H2,1-2H3/t19?,25-,27-/m1/s1. The van der Waals surface area contributed by atoms with Crippen LogP contribution in [0, 0.1) is 5.92 Å². The zero-order chi connectivity index (χ0) is 22.6. The molecule has 0 bridgehead atoms. The van der Waals surface area contributed by atoms with E-state index in [4.69, 9.17) is 9.72 Å². The zero-order valence-electron chi connectivity index (χ0n) is 18.5. The van der Waals surface area contributed by atoms with Crippen LogP contribution < -0.4 is 10.1 Å². The lowest BCUT2D eigenvalue weighted by molar-refractivity contribution is -0.0148. The first-order valence-electron chi connectivity index (χ1n) is 11.0. The van der Waals surface area contributed by atoms with E-state index in [-0.39, 0.29) is 11.8 Å². The monoisotopic (exact) mass is 492 g/mol. The summed E-state index contributed by atoms with van der Waals surface area (Å²) in [6.45, 7) is 0.684. The van der Waals surface area contributed by atoms with Crippen molar-refractivity contribution in [3.63, 3.8) is 0 Å². The number of allylic oxidation sites excluding steroid dienone is 4. The summed E-state index contributed by atoms with van der Waals surface area (Å²) in [6, 6.07) is 18.1. The van der Waals surface area contributed by atoms with Gasteiger partial charge in [0.15, 0.2) is 0 Å². The highest BCUT2D eigenvalue weighted by Gasteiger charge is 2.44. The SMILES string of the molecule is CNCC[C@@](O)(c1ccccc1)[C@@H](c1cc2cc(Br)ccc2nc1OC)C1C=CC=CC1. The number of benzene rings is 2. The van der Waals surface area contributed by atoms with Crippen LogP contribution in [0.4, 0.5) is 0 Å². The fourth-order valence-electron chi connectivity index (χ4n) is 4.74. The number of aliphatic hydroxyl groups is 1. The minimum absolute atomic E-state index is 0.0994. The summed E-state index contributed by atoms with van der Waals surface area (Å²) in [5.41, 5.74) is 1.58. The van der Waals surface area contributed by atoms with Crippen LogP contribution in [0.5, 0.6) is 5.88 Å². The van der Waals surface area contributed by atoms with Gasteiger partial charge in [0.1, 0.15) is 0 Å². The molecule has 1 aliphatic carbocycles. The van der Waals surface area contributed by atoms with Gasteiger partial charge in [0, 0.05) is 21.3 Å². The van der Waals surface area contributed by atoms with Crippen molar-refractivity contribution in [2.24, 2.45) is 5.92 Å². The van der Waals surface area contributed by atoms with Gasteiger partial charge in [0.2, 0.25) is 5.88 Å². The van der Waals surface area contributed by atoms with Gasteiger partial charge in [-0.05, 0) is 62.2 Å². The van der Waals surface area contributed by atoms with Gasteiger partial charge in [0.05, 0.1) is 18.2 Å². The summed E-state index contributed by atoms with van der Waals surface area (Å²) in [7, 11) is 3.57. The van der Waals surface area contributed by atoms with Crippen molar-refractivity contribution in [2.75, 3.05) is 20.7 Å². The summed E-state index contributed by atoms with van der Waals surface area (Å²) in [4.78, 5) is 4.83. The quantitative estimate of drug-likeness (QED) is 0.422. The lowest BCUT2D eigenvalue weighted by atomic mass is 9.67. The fourth-order valence-corrected chi connectivity index (χ4v) is 5.12. The normalized spacial score (nSPS) is 18.4. The highest BCUT2D eigenvalue weighted by molar-refractivity contribution is 9.10. The molecule has 0 radical (unpaired) electrons. The van der Waals surface area contributed by atoms with Crippen LogP contribution in [0.3, 0.4) is 0 Å². The lowest BCUT2D eigenvalue weighted by Crippen LogP contribution is -2.40. The molecule has 1 heterocycles. The number of aromatic nitrogens is 1. The largest absolute Gasteiger partial charge is 0.481 e. The summed E-state index contributed by atoms with van der Waals surface area (Å²) >= 11 is 3.58. The third-order valence-corrected chi connectivity index (χ3v) is 6.78. The Morgan fingerprint density at radius 1 is 1.19 bits per heavy atom. The van der Waals surface area contributed by atoms with Crippen LogP contribution in [-0.4, -0.2) is 30.8 Å². The number of nitrogens with zero attached hydrogens (tertiary/aromatic N) is 1. The Morgan fingerprint density at radius 3 is 2.69 bits per heavy atom. The molecule has 1 aromatic heterocycles. The van der Waals surface area contributed by atoms with E-state index in [0.29, 0.717) is 18.8 Å². The molecule has 3 aromatic rings. The van der Waals surface area contributed by atoms with Crippen molar-refractivity contribution in [2.45, 2.75) is 24.4 Å². The predicted molar refractivity (Wildman–Crippen MR) is 134 cm³/mol. The zero-order valence-corrected chi connectivity index (χ0v) is 20.0. The number of pyridine rings is 1. The fraction of sp³-hybridized carbons (Fsp3) is 0.296. The van der Waals surface area contributed by atoms with Gasteiger partial charge in [-0.25, -0.2) is 4.98 Å². The van der Waals surface area contributed by atoms with E-state index in [1.807, 2.05) is 49.5 Å². The molecule has 0 saturated heterocycles. The molecule has 4 rings (SSSR count). The maximum atomic E-state index is 12.4. The van der Waals surface area contributed by atoms with Crippen molar-refractivity contribution < 1.29 is 9.84 Å². The highest BCUT2D eigenvalue weighted by Crippen LogP contribution is 2.49. The van der Waals surface area contributed by atoms with Crippen LogP contribution in [0.2, 0.25) is 0 Å². The molecular weight excluding hydrogens is 464 g/mol. The second kappa shape index (κ2) is 9.99. The van der Waals surface area contributed by atoms with Gasteiger partial charge in [-0.2, -0.15) is 0 Å². The predicted octanol–water partition coefficient (Wildman–Crippen LogP) is 5.72. The molecule has 2 N–H and O–H groups in total. The van der Waals surface area contributed by atoms with Gasteiger partial charge < -0.3 is 15.2 Å². The van der Waals surface area contributed by atoms with E-state index < -0.39 is 5.60 Å². The molecule has 0 amide bonds. The number of fused-ring (bicyclic) bond motifs is 1. The maximum Gasteiger partial charge on any atom is 0.217 e. The topological polar surface area (TPSA) is 54.4 Å². The molecule has 4 nitrogen and oxygen atoms in total. The molecule has 0 saturated carbocycles. The Labute approximate surface area is 198 Å². The molecule has 3 atom stereocenters. The number of rotatable bonds is 8.